The zero-order valence-corrected chi connectivity index (χ0v) is 19.6. The van der Waals surface area contributed by atoms with Crippen molar-refractivity contribution in [2.45, 2.75) is 32.5 Å². The highest BCUT2D eigenvalue weighted by Crippen LogP contribution is 2.27. The molecule has 4 rings (SSSR count). The molecule has 1 unspecified atom stereocenters. The van der Waals surface area contributed by atoms with Crippen LogP contribution in [0.2, 0.25) is 10.0 Å². The minimum Gasteiger partial charge on any atom is -0.333 e. The molecule has 170 valence electrons. The summed E-state index contributed by atoms with van der Waals surface area (Å²) in [6.45, 7) is 2.90. The van der Waals surface area contributed by atoms with Crippen molar-refractivity contribution in [1.29, 1.82) is 0 Å². The van der Waals surface area contributed by atoms with E-state index in [0.717, 1.165) is 22.3 Å². The number of hydrogen-bond donors (Lipinski definition) is 3. The van der Waals surface area contributed by atoms with E-state index < -0.39 is 6.04 Å². The maximum absolute atomic E-state index is 12.9. The van der Waals surface area contributed by atoms with Crippen molar-refractivity contribution in [2.24, 2.45) is 5.73 Å². The summed E-state index contributed by atoms with van der Waals surface area (Å²) in [4.78, 5) is 27.0. The number of halogens is 2. The van der Waals surface area contributed by atoms with Gasteiger partial charge in [0.25, 0.3) is 0 Å². The van der Waals surface area contributed by atoms with Crippen LogP contribution in [0.15, 0.2) is 60.7 Å². The number of urea groups is 1. The smallest absolute Gasteiger partial charge is 0.323 e. The van der Waals surface area contributed by atoms with Crippen molar-refractivity contribution in [3.05, 3.63) is 93.0 Å². The van der Waals surface area contributed by atoms with Crippen molar-refractivity contribution in [3.8, 4) is 0 Å². The van der Waals surface area contributed by atoms with Crippen molar-refractivity contribution in [1.82, 2.24) is 4.90 Å². The first-order chi connectivity index (χ1) is 15.8. The highest BCUT2D eigenvalue weighted by Gasteiger charge is 2.28. The first-order valence-electron chi connectivity index (χ1n) is 10.5. The molecule has 1 atom stereocenters. The molecular formula is C25H24Cl2N4O2. The Hall–Kier alpha value is -3.06. The number of anilines is 2. The fourth-order valence-electron chi connectivity index (χ4n) is 3.80. The predicted octanol–water partition coefficient (Wildman–Crippen LogP) is 5.36. The Labute approximate surface area is 202 Å². The number of nitrogens with two attached hydrogens (primary N) is 1. The Balaban J connectivity index is 1.36. The summed E-state index contributed by atoms with van der Waals surface area (Å²) in [6.07, 6.45) is 0.327. The summed E-state index contributed by atoms with van der Waals surface area (Å²) in [6, 6.07) is 17.3. The minimum absolute atomic E-state index is 0.149. The largest absolute Gasteiger partial charge is 0.333 e. The van der Waals surface area contributed by atoms with Gasteiger partial charge in [-0.3, -0.25) is 4.79 Å². The van der Waals surface area contributed by atoms with Gasteiger partial charge in [0.05, 0.1) is 6.04 Å². The van der Waals surface area contributed by atoms with Crippen molar-refractivity contribution in [3.63, 3.8) is 0 Å². The molecule has 8 heteroatoms. The number of aryl methyl sites for hydroxylation is 1. The molecule has 0 spiro atoms. The fourth-order valence-corrected chi connectivity index (χ4v) is 4.29. The van der Waals surface area contributed by atoms with E-state index >= 15 is 0 Å². The number of fused-ring (bicyclic) bond motifs is 1. The Bertz CT molecular complexity index is 1200. The molecule has 1 heterocycles. The summed E-state index contributed by atoms with van der Waals surface area (Å²) in [5, 5.41) is 6.68. The minimum atomic E-state index is -0.712. The van der Waals surface area contributed by atoms with Crippen LogP contribution in [0.25, 0.3) is 0 Å². The van der Waals surface area contributed by atoms with Gasteiger partial charge in [-0.05, 0) is 66.4 Å². The molecule has 3 amide bonds. The molecule has 1 aliphatic rings. The second-order valence-electron chi connectivity index (χ2n) is 8.17. The molecule has 0 bridgehead atoms. The molecule has 0 saturated heterocycles. The average molecular weight is 483 g/mol. The van der Waals surface area contributed by atoms with Gasteiger partial charge in [0.15, 0.2) is 0 Å². The standard InChI is InChI=1S/C25H24Cl2N4O2/c1-15-2-7-20(8-3-15)29-25(33)30-21-9-5-17-13-31(14-18(17)10-21)24(32)23(28)11-16-4-6-19(26)12-22(16)27/h2-10,12,23H,11,13-14,28H2,1H3,(H2,29,30,33). The van der Waals surface area contributed by atoms with Gasteiger partial charge < -0.3 is 21.3 Å². The van der Waals surface area contributed by atoms with Crippen LogP contribution in [-0.4, -0.2) is 22.9 Å². The van der Waals surface area contributed by atoms with E-state index in [1.165, 1.54) is 0 Å². The molecule has 33 heavy (non-hydrogen) atoms. The van der Waals surface area contributed by atoms with Crippen LogP contribution < -0.4 is 16.4 Å². The molecule has 4 N–H and O–H groups in total. The third-order valence-electron chi connectivity index (χ3n) is 5.58. The number of carbonyl (C=O) groups excluding carboxylic acids is 2. The van der Waals surface area contributed by atoms with E-state index in [1.807, 2.05) is 49.4 Å². The number of nitrogens with one attached hydrogen (secondary N) is 2. The molecule has 0 saturated carbocycles. The van der Waals surface area contributed by atoms with Crippen molar-refractivity contribution in [2.75, 3.05) is 10.6 Å². The van der Waals surface area contributed by atoms with Crippen LogP contribution >= 0.6 is 23.2 Å². The van der Waals surface area contributed by atoms with Gasteiger partial charge >= 0.3 is 6.03 Å². The summed E-state index contributed by atoms with van der Waals surface area (Å²) >= 11 is 12.2. The maximum atomic E-state index is 12.9. The number of benzene rings is 3. The van der Waals surface area contributed by atoms with Crippen molar-refractivity contribution < 1.29 is 9.59 Å². The third-order valence-corrected chi connectivity index (χ3v) is 6.17. The second kappa shape index (κ2) is 9.83. The van der Waals surface area contributed by atoms with Gasteiger partial charge in [0.1, 0.15) is 0 Å². The topological polar surface area (TPSA) is 87.5 Å². The Morgan fingerprint density at radius 2 is 1.61 bits per heavy atom. The molecule has 1 aliphatic heterocycles. The lowest BCUT2D eigenvalue weighted by atomic mass is 10.1. The Kier molecular flexibility index (Phi) is 6.88. The molecule has 6 nitrogen and oxygen atoms in total. The maximum Gasteiger partial charge on any atom is 0.323 e. The van der Waals surface area contributed by atoms with Crippen LogP contribution in [0.4, 0.5) is 16.2 Å². The summed E-state index contributed by atoms with van der Waals surface area (Å²) in [7, 11) is 0. The van der Waals surface area contributed by atoms with E-state index in [0.29, 0.717) is 40.9 Å². The zero-order chi connectivity index (χ0) is 23.5. The van der Waals surface area contributed by atoms with Crippen LogP contribution in [0.3, 0.4) is 0 Å². The van der Waals surface area contributed by atoms with Crippen LogP contribution in [0, 0.1) is 6.92 Å². The summed E-state index contributed by atoms with van der Waals surface area (Å²) in [5.41, 5.74) is 11.5. The van der Waals surface area contributed by atoms with Crippen LogP contribution in [0.5, 0.6) is 0 Å². The number of rotatable bonds is 5. The normalized spacial score (nSPS) is 13.4. The van der Waals surface area contributed by atoms with Crippen molar-refractivity contribution >= 4 is 46.5 Å². The Morgan fingerprint density at radius 3 is 2.33 bits per heavy atom. The monoisotopic (exact) mass is 482 g/mol. The lowest BCUT2D eigenvalue weighted by molar-refractivity contribution is -0.133. The van der Waals surface area contributed by atoms with E-state index in [4.69, 9.17) is 28.9 Å². The highest BCUT2D eigenvalue weighted by atomic mass is 35.5. The van der Waals surface area contributed by atoms with Gasteiger partial charge in [-0.2, -0.15) is 0 Å². The molecule has 0 aliphatic carbocycles. The third kappa shape index (κ3) is 5.66. The first kappa shape index (κ1) is 23.1. The average Bonchev–Trinajstić information content (AvgIpc) is 3.20. The second-order valence-corrected chi connectivity index (χ2v) is 9.01. The lowest BCUT2D eigenvalue weighted by Gasteiger charge is -2.20. The molecule has 3 aromatic carbocycles. The molecule has 0 fully saturated rings. The van der Waals surface area contributed by atoms with Gasteiger partial charge in [-0.15, -0.1) is 0 Å². The number of amides is 3. The van der Waals surface area contributed by atoms with E-state index in [1.54, 1.807) is 23.1 Å². The molecule has 3 aromatic rings. The Morgan fingerprint density at radius 1 is 0.939 bits per heavy atom. The zero-order valence-electron chi connectivity index (χ0n) is 18.1. The lowest BCUT2D eigenvalue weighted by Crippen LogP contribution is -2.42. The number of nitrogens with zero attached hydrogens (tertiary/aromatic N) is 1. The van der Waals surface area contributed by atoms with E-state index in [2.05, 4.69) is 10.6 Å². The van der Waals surface area contributed by atoms with Crippen LogP contribution in [-0.2, 0) is 24.3 Å². The van der Waals surface area contributed by atoms with E-state index in [-0.39, 0.29) is 11.9 Å². The van der Waals surface area contributed by atoms with Gasteiger partial charge in [0, 0.05) is 34.5 Å². The van der Waals surface area contributed by atoms with Gasteiger partial charge in [-0.25, -0.2) is 4.79 Å². The molecular weight excluding hydrogens is 459 g/mol. The number of hydrogen-bond acceptors (Lipinski definition) is 3. The highest BCUT2D eigenvalue weighted by molar-refractivity contribution is 6.35. The fraction of sp³-hybridized carbons (Fsp3) is 0.200. The molecule has 0 radical (unpaired) electrons. The van der Waals surface area contributed by atoms with Gasteiger partial charge in [-0.1, -0.05) is 53.0 Å². The quantitative estimate of drug-likeness (QED) is 0.457. The van der Waals surface area contributed by atoms with Gasteiger partial charge in [0.2, 0.25) is 5.91 Å². The summed E-state index contributed by atoms with van der Waals surface area (Å²) in [5.74, 6) is -0.149. The predicted molar refractivity (Wildman–Crippen MR) is 133 cm³/mol. The number of carbonyl (C=O) groups is 2. The van der Waals surface area contributed by atoms with E-state index in [9.17, 15) is 9.59 Å². The first-order valence-corrected chi connectivity index (χ1v) is 11.3. The molecule has 0 aromatic heterocycles. The SMILES string of the molecule is Cc1ccc(NC(=O)Nc2ccc3c(c2)CN(C(=O)C(N)Cc2ccc(Cl)cc2Cl)C3)cc1. The van der Waals surface area contributed by atoms with Crippen LogP contribution in [0.1, 0.15) is 22.3 Å². The summed E-state index contributed by atoms with van der Waals surface area (Å²) < 4.78 is 0.